The fourth-order valence-electron chi connectivity index (χ4n) is 3.48. The second-order valence-electron chi connectivity index (χ2n) is 8.38. The average Bonchev–Trinajstić information content (AvgIpc) is 2.37. The molecule has 3 nitrogen and oxygen atoms in total. The molecule has 0 aromatic rings. The van der Waals surface area contributed by atoms with Crippen LogP contribution in [0.1, 0.15) is 87.0 Å². The number of rotatable bonds is 8. The van der Waals surface area contributed by atoms with Gasteiger partial charge in [-0.05, 0) is 63.7 Å². The monoisotopic (exact) mass is 313 g/mol. The van der Waals surface area contributed by atoms with Gasteiger partial charge in [-0.15, -0.1) is 0 Å². The largest absolute Gasteiger partial charge is 0.346 e. The molecule has 1 rings (SSSR count). The van der Waals surface area contributed by atoms with E-state index in [0.717, 1.165) is 44.7 Å². The Bertz CT molecular complexity index is 295. The topological polar surface area (TPSA) is 21.7 Å². The van der Waals surface area contributed by atoms with E-state index in [-0.39, 0.29) is 0 Å². The van der Waals surface area contributed by atoms with Gasteiger partial charge in [0.2, 0.25) is 0 Å². The van der Waals surface area contributed by atoms with Gasteiger partial charge in [0.1, 0.15) is 0 Å². The highest BCUT2D eigenvalue weighted by Gasteiger charge is 2.33. The van der Waals surface area contributed by atoms with Crippen LogP contribution in [-0.2, 0) is 9.57 Å². The molecule has 1 fully saturated rings. The van der Waals surface area contributed by atoms with Crippen LogP contribution in [0, 0.1) is 11.3 Å². The molecule has 3 heteroatoms. The maximum absolute atomic E-state index is 6.30. The van der Waals surface area contributed by atoms with Crippen molar-refractivity contribution in [2.24, 2.45) is 11.3 Å². The zero-order valence-corrected chi connectivity index (χ0v) is 16.1. The van der Waals surface area contributed by atoms with E-state index in [1.165, 1.54) is 12.8 Å². The molecule has 0 saturated heterocycles. The molecule has 0 bridgehead atoms. The van der Waals surface area contributed by atoms with Crippen molar-refractivity contribution in [3.05, 3.63) is 0 Å². The molecule has 0 heterocycles. The predicted molar refractivity (Wildman–Crippen MR) is 93.6 cm³/mol. The molecular weight excluding hydrogens is 274 g/mol. The third-order valence-electron chi connectivity index (χ3n) is 4.64. The summed E-state index contributed by atoms with van der Waals surface area (Å²) in [4.78, 5) is 6.13. The van der Waals surface area contributed by atoms with Crippen molar-refractivity contribution in [3.8, 4) is 0 Å². The van der Waals surface area contributed by atoms with Crippen molar-refractivity contribution >= 4 is 0 Å². The lowest BCUT2D eigenvalue weighted by Crippen LogP contribution is -2.42. The molecule has 1 saturated carbocycles. The van der Waals surface area contributed by atoms with E-state index in [0.29, 0.717) is 11.5 Å². The van der Waals surface area contributed by atoms with Gasteiger partial charge in [-0.2, -0.15) is 5.06 Å². The normalized spacial score (nSPS) is 24.0. The van der Waals surface area contributed by atoms with Crippen LogP contribution < -0.4 is 0 Å². The summed E-state index contributed by atoms with van der Waals surface area (Å²) in [5.74, 6) is 0.303. The molecule has 0 aromatic carbocycles. The lowest BCUT2D eigenvalue weighted by atomic mass is 9.72. The van der Waals surface area contributed by atoms with Crippen LogP contribution >= 0.6 is 0 Å². The van der Waals surface area contributed by atoms with Gasteiger partial charge in [-0.3, -0.25) is 4.84 Å². The number of nitrogens with zero attached hydrogens (tertiary/aromatic N) is 1. The van der Waals surface area contributed by atoms with Gasteiger partial charge in [0.25, 0.3) is 0 Å². The summed E-state index contributed by atoms with van der Waals surface area (Å²) in [6, 6.07) is 0. The number of hydrogen-bond acceptors (Lipinski definition) is 3. The van der Waals surface area contributed by atoms with Crippen LogP contribution in [0.5, 0.6) is 0 Å². The van der Waals surface area contributed by atoms with Crippen molar-refractivity contribution in [3.63, 3.8) is 0 Å². The van der Waals surface area contributed by atoms with E-state index in [1.54, 1.807) is 0 Å². The quantitative estimate of drug-likeness (QED) is 0.442. The first-order chi connectivity index (χ1) is 10.2. The van der Waals surface area contributed by atoms with Crippen LogP contribution in [0.25, 0.3) is 0 Å². The molecule has 0 spiro atoms. The molecule has 1 aliphatic rings. The summed E-state index contributed by atoms with van der Waals surface area (Å²) in [7, 11) is 0. The van der Waals surface area contributed by atoms with Gasteiger partial charge in [-0.25, -0.2) is 0 Å². The maximum atomic E-state index is 6.30. The van der Waals surface area contributed by atoms with E-state index < -0.39 is 5.79 Å². The second kappa shape index (κ2) is 8.65. The van der Waals surface area contributed by atoms with Gasteiger partial charge >= 0.3 is 0 Å². The van der Waals surface area contributed by atoms with Crippen molar-refractivity contribution in [1.82, 2.24) is 5.06 Å². The SMILES string of the molecule is CCCN(CCC)OC(C)(C)OC1CCC(C(C)(C)C)CC1. The fourth-order valence-corrected chi connectivity index (χ4v) is 3.48. The standard InChI is InChI=1S/C19H39NO2/c1-8-14-20(15-9-2)22-19(6,7)21-17-12-10-16(11-13-17)18(3,4)5/h16-17H,8-15H2,1-7H3. The maximum Gasteiger partial charge on any atom is 0.182 e. The first-order valence-electron chi connectivity index (χ1n) is 9.29. The van der Waals surface area contributed by atoms with Crippen molar-refractivity contribution < 1.29 is 9.57 Å². The minimum Gasteiger partial charge on any atom is -0.346 e. The molecular formula is C19H39NO2. The average molecular weight is 314 g/mol. The molecule has 0 amide bonds. The number of ether oxygens (including phenoxy) is 1. The highest BCUT2D eigenvalue weighted by molar-refractivity contribution is 4.81. The van der Waals surface area contributed by atoms with E-state index in [1.807, 2.05) is 0 Å². The zero-order chi connectivity index (χ0) is 16.8. The van der Waals surface area contributed by atoms with Crippen LogP contribution in [0.3, 0.4) is 0 Å². The van der Waals surface area contributed by atoms with Crippen molar-refractivity contribution in [2.45, 2.75) is 98.9 Å². The Balaban J connectivity index is 2.44. The minimum atomic E-state index is -0.524. The smallest absolute Gasteiger partial charge is 0.182 e. The van der Waals surface area contributed by atoms with Crippen LogP contribution in [-0.4, -0.2) is 30.0 Å². The molecule has 132 valence electrons. The Hall–Kier alpha value is -0.120. The Morgan fingerprint density at radius 2 is 1.36 bits per heavy atom. The Labute approximate surface area is 138 Å². The predicted octanol–water partition coefficient (Wildman–Crippen LogP) is 5.40. The summed E-state index contributed by atoms with van der Waals surface area (Å²) in [6.07, 6.45) is 7.43. The summed E-state index contributed by atoms with van der Waals surface area (Å²) in [5, 5.41) is 2.07. The van der Waals surface area contributed by atoms with E-state index in [4.69, 9.17) is 9.57 Å². The molecule has 0 atom stereocenters. The molecule has 0 aliphatic heterocycles. The third kappa shape index (κ3) is 6.97. The van der Waals surface area contributed by atoms with E-state index in [9.17, 15) is 0 Å². The van der Waals surface area contributed by atoms with Crippen LogP contribution in [0.15, 0.2) is 0 Å². The lowest BCUT2D eigenvalue weighted by molar-refractivity contribution is -0.344. The summed E-state index contributed by atoms with van der Waals surface area (Å²) < 4.78 is 6.30. The molecule has 0 unspecified atom stereocenters. The molecule has 0 aromatic heterocycles. The Kier molecular flexibility index (Phi) is 7.84. The summed E-state index contributed by atoms with van der Waals surface area (Å²) in [5.41, 5.74) is 0.427. The van der Waals surface area contributed by atoms with Gasteiger partial charge in [0.15, 0.2) is 5.79 Å². The second-order valence-corrected chi connectivity index (χ2v) is 8.38. The summed E-state index contributed by atoms with van der Waals surface area (Å²) >= 11 is 0. The Morgan fingerprint density at radius 3 is 1.77 bits per heavy atom. The number of hydrogen-bond donors (Lipinski definition) is 0. The molecule has 1 aliphatic carbocycles. The Morgan fingerprint density at radius 1 is 0.864 bits per heavy atom. The van der Waals surface area contributed by atoms with Gasteiger partial charge in [-0.1, -0.05) is 34.6 Å². The summed E-state index contributed by atoms with van der Waals surface area (Å²) in [6.45, 7) is 17.5. The van der Waals surface area contributed by atoms with Gasteiger partial charge < -0.3 is 4.74 Å². The highest BCUT2D eigenvalue weighted by atomic mass is 16.8. The third-order valence-corrected chi connectivity index (χ3v) is 4.64. The molecule has 22 heavy (non-hydrogen) atoms. The van der Waals surface area contributed by atoms with E-state index >= 15 is 0 Å². The van der Waals surface area contributed by atoms with Crippen LogP contribution in [0.2, 0.25) is 0 Å². The van der Waals surface area contributed by atoms with Crippen molar-refractivity contribution in [1.29, 1.82) is 0 Å². The minimum absolute atomic E-state index is 0.346. The van der Waals surface area contributed by atoms with Gasteiger partial charge in [0, 0.05) is 13.1 Å². The highest BCUT2D eigenvalue weighted by Crippen LogP contribution is 2.39. The van der Waals surface area contributed by atoms with Crippen LogP contribution in [0.4, 0.5) is 0 Å². The fraction of sp³-hybridized carbons (Fsp3) is 1.00. The lowest BCUT2D eigenvalue weighted by Gasteiger charge is -2.40. The zero-order valence-electron chi connectivity index (χ0n) is 16.1. The van der Waals surface area contributed by atoms with Crippen molar-refractivity contribution in [2.75, 3.05) is 13.1 Å². The van der Waals surface area contributed by atoms with Gasteiger partial charge in [0.05, 0.1) is 6.10 Å². The molecule has 0 radical (unpaired) electrons. The molecule has 0 N–H and O–H groups in total. The number of hydroxylamine groups is 2. The first-order valence-corrected chi connectivity index (χ1v) is 9.29. The van der Waals surface area contributed by atoms with E-state index in [2.05, 4.69) is 53.5 Å². The first kappa shape index (κ1) is 19.9.